The largest absolute Gasteiger partial charge is 0.486 e. The Bertz CT molecular complexity index is 1330. The predicted octanol–water partition coefficient (Wildman–Crippen LogP) is 5.70. The summed E-state index contributed by atoms with van der Waals surface area (Å²) in [4.78, 5) is 4.24. The van der Waals surface area contributed by atoms with Gasteiger partial charge in [0.1, 0.15) is 11.9 Å². The molecule has 0 saturated heterocycles. The van der Waals surface area contributed by atoms with Crippen molar-refractivity contribution in [3.8, 4) is 11.8 Å². The molecule has 31 heavy (non-hydrogen) atoms. The second-order valence-corrected chi connectivity index (χ2v) is 7.88. The first kappa shape index (κ1) is 19.1. The van der Waals surface area contributed by atoms with Crippen molar-refractivity contribution in [3.05, 3.63) is 88.9 Å². The number of rotatable bonds is 4. The van der Waals surface area contributed by atoms with Crippen LogP contribution in [0.5, 0.6) is 5.75 Å². The van der Waals surface area contributed by atoms with Gasteiger partial charge < -0.3 is 4.74 Å². The zero-order chi connectivity index (χ0) is 21.2. The minimum absolute atomic E-state index is 0.000602. The van der Waals surface area contributed by atoms with Gasteiger partial charge in [0.25, 0.3) is 0 Å². The summed E-state index contributed by atoms with van der Waals surface area (Å²) in [6.07, 6.45) is 10.7. The maximum absolute atomic E-state index is 9.18. The monoisotopic (exact) mass is 406 g/mol. The van der Waals surface area contributed by atoms with Gasteiger partial charge in [-0.15, -0.1) is 0 Å². The van der Waals surface area contributed by atoms with E-state index in [1.165, 1.54) is 11.1 Å². The number of benzene rings is 2. The molecule has 2 aromatic carbocycles. The van der Waals surface area contributed by atoms with Gasteiger partial charge >= 0.3 is 0 Å². The first-order chi connectivity index (χ1) is 15.2. The van der Waals surface area contributed by atoms with Gasteiger partial charge in [-0.25, -0.2) is 4.68 Å². The van der Waals surface area contributed by atoms with Crippen LogP contribution < -0.4 is 4.74 Å². The van der Waals surface area contributed by atoms with Crippen LogP contribution in [0.15, 0.2) is 60.9 Å². The Morgan fingerprint density at radius 2 is 2.10 bits per heavy atom. The van der Waals surface area contributed by atoms with Crippen LogP contribution in [0.1, 0.15) is 46.9 Å². The van der Waals surface area contributed by atoms with E-state index in [-0.39, 0.29) is 6.10 Å². The SMILES string of the molecule is Cc1cc(/C=C/n2ncc3ccc(O[C@H]4CCCc5cc(C#N)ccc54)cc32)ccn1. The summed E-state index contributed by atoms with van der Waals surface area (Å²) in [5.41, 5.74) is 6.18. The van der Waals surface area contributed by atoms with Crippen LogP contribution in [0.3, 0.4) is 0 Å². The number of hydrogen-bond acceptors (Lipinski definition) is 4. The third-order valence-electron chi connectivity index (χ3n) is 5.71. The van der Waals surface area contributed by atoms with Crippen LogP contribution in [0.4, 0.5) is 0 Å². The summed E-state index contributed by atoms with van der Waals surface area (Å²) >= 11 is 0. The van der Waals surface area contributed by atoms with E-state index >= 15 is 0 Å². The van der Waals surface area contributed by atoms with Crippen LogP contribution in [-0.4, -0.2) is 14.8 Å². The molecule has 0 saturated carbocycles. The van der Waals surface area contributed by atoms with Crippen molar-refractivity contribution in [1.82, 2.24) is 14.8 Å². The highest BCUT2D eigenvalue weighted by atomic mass is 16.5. The summed E-state index contributed by atoms with van der Waals surface area (Å²) in [6.45, 7) is 1.98. The Hall–Kier alpha value is -3.91. The van der Waals surface area contributed by atoms with Gasteiger partial charge in [-0.05, 0) is 85.4 Å². The van der Waals surface area contributed by atoms with E-state index in [4.69, 9.17) is 4.74 Å². The number of hydrogen-bond donors (Lipinski definition) is 0. The highest BCUT2D eigenvalue weighted by Gasteiger charge is 2.22. The van der Waals surface area contributed by atoms with Crippen molar-refractivity contribution < 1.29 is 4.74 Å². The molecular formula is C26H22N4O. The first-order valence-electron chi connectivity index (χ1n) is 10.5. The van der Waals surface area contributed by atoms with E-state index in [0.29, 0.717) is 5.56 Å². The van der Waals surface area contributed by atoms with Crippen LogP contribution in [0, 0.1) is 18.3 Å². The standard InChI is InChI=1S/C26H22N4O/c1-18-13-19(9-11-28-18)10-12-30-25-15-23(7-6-22(25)17-29-30)31-26-4-2-3-21-14-20(16-27)5-8-24(21)26/h5-15,17,26H,2-4H2,1H3/b12-10+/t26-/m0/s1. The molecule has 0 radical (unpaired) electrons. The number of aryl methyl sites for hydroxylation is 2. The summed E-state index contributed by atoms with van der Waals surface area (Å²) < 4.78 is 8.28. The number of nitriles is 1. The molecule has 0 fully saturated rings. The number of pyridine rings is 1. The fourth-order valence-corrected chi connectivity index (χ4v) is 4.16. The Kier molecular flexibility index (Phi) is 4.97. The zero-order valence-electron chi connectivity index (χ0n) is 17.3. The third kappa shape index (κ3) is 3.93. The molecule has 2 aromatic heterocycles. The summed E-state index contributed by atoms with van der Waals surface area (Å²) in [7, 11) is 0. The second kappa shape index (κ2) is 8.08. The van der Waals surface area contributed by atoms with Crippen LogP contribution in [0.25, 0.3) is 23.2 Å². The molecule has 152 valence electrons. The maximum atomic E-state index is 9.18. The van der Waals surface area contributed by atoms with Gasteiger partial charge in [0.15, 0.2) is 0 Å². The number of aromatic nitrogens is 3. The smallest absolute Gasteiger partial charge is 0.124 e. The normalized spacial score (nSPS) is 15.7. The topological polar surface area (TPSA) is 63.7 Å². The quantitative estimate of drug-likeness (QED) is 0.436. The maximum Gasteiger partial charge on any atom is 0.124 e. The van der Waals surface area contributed by atoms with E-state index in [2.05, 4.69) is 16.2 Å². The van der Waals surface area contributed by atoms with Gasteiger partial charge in [-0.3, -0.25) is 4.98 Å². The van der Waals surface area contributed by atoms with E-state index in [1.54, 1.807) is 0 Å². The molecule has 1 atom stereocenters. The molecule has 4 aromatic rings. The van der Waals surface area contributed by atoms with Crippen LogP contribution in [0.2, 0.25) is 0 Å². The Morgan fingerprint density at radius 3 is 2.97 bits per heavy atom. The molecule has 0 amide bonds. The second-order valence-electron chi connectivity index (χ2n) is 7.88. The number of nitrogens with zero attached hydrogens (tertiary/aromatic N) is 4. The molecule has 0 spiro atoms. The Balaban J connectivity index is 1.42. The first-order valence-corrected chi connectivity index (χ1v) is 10.5. The average Bonchev–Trinajstić information content (AvgIpc) is 3.20. The molecular weight excluding hydrogens is 384 g/mol. The van der Waals surface area contributed by atoms with Crippen LogP contribution in [-0.2, 0) is 6.42 Å². The summed E-state index contributed by atoms with van der Waals surface area (Å²) in [6, 6.07) is 18.2. The van der Waals surface area contributed by atoms with Crippen molar-refractivity contribution in [2.24, 2.45) is 0 Å². The summed E-state index contributed by atoms with van der Waals surface area (Å²) in [5, 5.41) is 14.7. The van der Waals surface area contributed by atoms with Crippen molar-refractivity contribution in [3.63, 3.8) is 0 Å². The fraction of sp³-hybridized carbons (Fsp3) is 0.192. The highest BCUT2D eigenvalue weighted by molar-refractivity contribution is 5.83. The molecule has 1 aliphatic rings. The average molecular weight is 406 g/mol. The molecule has 0 aliphatic heterocycles. The van der Waals surface area contributed by atoms with Crippen molar-refractivity contribution in [1.29, 1.82) is 5.26 Å². The molecule has 0 unspecified atom stereocenters. The van der Waals surface area contributed by atoms with Crippen molar-refractivity contribution in [2.45, 2.75) is 32.3 Å². The van der Waals surface area contributed by atoms with Crippen LogP contribution >= 0.6 is 0 Å². The van der Waals surface area contributed by atoms with Gasteiger partial charge in [0.05, 0.1) is 23.3 Å². The van der Waals surface area contributed by atoms with Gasteiger partial charge in [0.2, 0.25) is 0 Å². The fourth-order valence-electron chi connectivity index (χ4n) is 4.16. The van der Waals surface area contributed by atoms with E-state index in [1.807, 2.05) is 84.8 Å². The predicted molar refractivity (Wildman–Crippen MR) is 121 cm³/mol. The molecule has 1 aliphatic carbocycles. The van der Waals surface area contributed by atoms with Gasteiger partial charge in [0, 0.05) is 29.5 Å². The lowest BCUT2D eigenvalue weighted by Crippen LogP contribution is -2.15. The lowest BCUT2D eigenvalue weighted by atomic mass is 9.88. The van der Waals surface area contributed by atoms with E-state index < -0.39 is 0 Å². The lowest BCUT2D eigenvalue weighted by Gasteiger charge is -2.26. The van der Waals surface area contributed by atoms with Crippen molar-refractivity contribution >= 4 is 23.2 Å². The molecule has 5 rings (SSSR count). The van der Waals surface area contributed by atoms with E-state index in [0.717, 1.165) is 47.2 Å². The Labute approximate surface area is 181 Å². The molecule has 0 N–H and O–H groups in total. The Morgan fingerprint density at radius 1 is 1.16 bits per heavy atom. The van der Waals surface area contributed by atoms with Gasteiger partial charge in [-0.1, -0.05) is 6.07 Å². The van der Waals surface area contributed by atoms with E-state index in [9.17, 15) is 5.26 Å². The lowest BCUT2D eigenvalue weighted by molar-refractivity contribution is 0.183. The van der Waals surface area contributed by atoms with Crippen molar-refractivity contribution in [2.75, 3.05) is 0 Å². The molecule has 0 bridgehead atoms. The number of fused-ring (bicyclic) bond motifs is 2. The van der Waals surface area contributed by atoms with Gasteiger partial charge in [-0.2, -0.15) is 10.4 Å². The highest BCUT2D eigenvalue weighted by Crippen LogP contribution is 2.35. The molecule has 5 nitrogen and oxygen atoms in total. The number of ether oxygens (including phenoxy) is 1. The summed E-state index contributed by atoms with van der Waals surface area (Å²) in [5.74, 6) is 0.824. The third-order valence-corrected chi connectivity index (χ3v) is 5.71. The minimum atomic E-state index is 0.000602. The molecule has 5 heteroatoms. The minimum Gasteiger partial charge on any atom is -0.486 e. The zero-order valence-corrected chi connectivity index (χ0v) is 17.3. The molecule has 2 heterocycles.